The van der Waals surface area contributed by atoms with Crippen molar-refractivity contribution in [2.24, 2.45) is 50.7 Å². The lowest BCUT2D eigenvalue weighted by Gasteiger charge is -2.64. The zero-order valence-corrected chi connectivity index (χ0v) is 29.3. The third-order valence-corrected chi connectivity index (χ3v) is 15.9. The second kappa shape index (κ2) is 11.8. The van der Waals surface area contributed by atoms with Gasteiger partial charge in [0, 0.05) is 18.3 Å². The van der Waals surface area contributed by atoms with Crippen LogP contribution in [0.5, 0.6) is 0 Å². The number of ether oxygens (including phenoxy) is 2. The van der Waals surface area contributed by atoms with Gasteiger partial charge < -0.3 is 55.4 Å². The van der Waals surface area contributed by atoms with Crippen molar-refractivity contribution in [3.63, 3.8) is 0 Å². The van der Waals surface area contributed by atoms with Crippen molar-refractivity contribution in [3.05, 3.63) is 0 Å². The van der Waals surface area contributed by atoms with Crippen molar-refractivity contribution in [2.75, 3.05) is 6.61 Å². The Bertz CT molecular complexity index is 1240. The normalized spacial score (nSPS) is 53.4. The van der Waals surface area contributed by atoms with Crippen molar-refractivity contribution in [1.29, 1.82) is 0 Å². The van der Waals surface area contributed by atoms with E-state index in [2.05, 4.69) is 20.8 Å². The summed E-state index contributed by atoms with van der Waals surface area (Å²) >= 11 is 0. The second-order valence-electron chi connectivity index (χ2n) is 18.0. The van der Waals surface area contributed by atoms with Gasteiger partial charge in [-0.15, -0.1) is 0 Å². The highest BCUT2D eigenvalue weighted by molar-refractivity contribution is 5.78. The molecule has 6 rings (SSSR count). The van der Waals surface area contributed by atoms with E-state index in [1.54, 1.807) is 20.8 Å². The lowest BCUT2D eigenvalue weighted by atomic mass is 9.41. The second-order valence-corrected chi connectivity index (χ2v) is 18.0. The molecule has 6 fully saturated rings. The number of esters is 1. The number of carbonyl (C=O) groups is 1. The molecule has 0 bridgehead atoms. The summed E-state index contributed by atoms with van der Waals surface area (Å²) in [5.74, 6) is -0.852. The van der Waals surface area contributed by atoms with E-state index in [1.807, 2.05) is 0 Å². The molecule has 12 nitrogen and oxygen atoms in total. The summed E-state index contributed by atoms with van der Waals surface area (Å²) in [4.78, 5) is 14.1. The molecular formula is C36H60O12. The van der Waals surface area contributed by atoms with Gasteiger partial charge in [-0.05, 0) is 106 Å². The van der Waals surface area contributed by atoms with E-state index in [0.29, 0.717) is 6.42 Å². The molecule has 0 unspecified atom stereocenters. The van der Waals surface area contributed by atoms with Gasteiger partial charge in [0.15, 0.2) is 0 Å². The maximum atomic E-state index is 14.1. The van der Waals surface area contributed by atoms with Crippen LogP contribution >= 0.6 is 0 Å². The minimum Gasteiger partial charge on any atom is -0.432 e. The Morgan fingerprint density at radius 1 is 0.896 bits per heavy atom. The fraction of sp³-hybridized carbons (Fsp3) is 0.972. The third-order valence-electron chi connectivity index (χ3n) is 15.9. The first-order valence-electron chi connectivity index (χ1n) is 18.1. The molecule has 5 aliphatic carbocycles. The van der Waals surface area contributed by atoms with Crippen molar-refractivity contribution in [1.82, 2.24) is 0 Å². The fourth-order valence-electron chi connectivity index (χ4n) is 12.6. The van der Waals surface area contributed by atoms with Crippen LogP contribution in [0.15, 0.2) is 0 Å². The number of hydrogen-bond acceptors (Lipinski definition) is 12. The zero-order chi connectivity index (χ0) is 35.6. The molecule has 6 aliphatic rings. The lowest BCUT2D eigenvalue weighted by molar-refractivity contribution is -0.300. The molecule has 12 heteroatoms. The fourth-order valence-corrected chi connectivity index (χ4v) is 12.6. The number of hydrogen-bond donors (Lipinski definition) is 9. The van der Waals surface area contributed by atoms with Gasteiger partial charge in [0.1, 0.15) is 24.4 Å². The van der Waals surface area contributed by atoms with Crippen LogP contribution in [-0.4, -0.2) is 119 Å². The first-order chi connectivity index (χ1) is 22.2. The van der Waals surface area contributed by atoms with Crippen LogP contribution in [0.25, 0.3) is 0 Å². The molecule has 0 aromatic rings. The molecule has 1 aliphatic heterocycles. The minimum atomic E-state index is -1.76. The summed E-state index contributed by atoms with van der Waals surface area (Å²) in [6.07, 6.45) is -6.03. The molecule has 0 aromatic heterocycles. The van der Waals surface area contributed by atoms with Gasteiger partial charge in [0.05, 0.1) is 42.0 Å². The third kappa shape index (κ3) is 4.80. The monoisotopic (exact) mass is 684 g/mol. The van der Waals surface area contributed by atoms with E-state index < -0.39 is 90.0 Å². The highest BCUT2D eigenvalue weighted by atomic mass is 16.7. The Morgan fingerprint density at radius 2 is 1.54 bits per heavy atom. The van der Waals surface area contributed by atoms with E-state index in [9.17, 15) is 50.8 Å². The average Bonchev–Trinajstić information content (AvgIpc) is 3.64. The SMILES string of the molecule is C[C@@H]([C@H](O)C[C@H](O)C(C)(C)O)[C@H]1CC[C@@]2(C)[C@H]3CC[C@H]4[C@](C)(C(=O)O[C@H]5O[C@@H](CO)[C@@H](O)[C@@H](O)[C@H]5O)[C@@H](O)C[C@@H](O)[C@]45C[C@]35CC[C@]12C. The molecule has 276 valence electrons. The highest BCUT2D eigenvalue weighted by Crippen LogP contribution is 2.89. The van der Waals surface area contributed by atoms with E-state index in [0.717, 1.165) is 38.5 Å². The first kappa shape index (κ1) is 36.8. The number of aliphatic hydroxyl groups is 9. The van der Waals surface area contributed by atoms with E-state index in [4.69, 9.17) is 9.47 Å². The first-order valence-corrected chi connectivity index (χ1v) is 18.1. The molecule has 18 atom stereocenters. The summed E-state index contributed by atoms with van der Waals surface area (Å²) in [6.45, 7) is 10.9. The van der Waals surface area contributed by atoms with Gasteiger partial charge in [0.25, 0.3) is 0 Å². The van der Waals surface area contributed by atoms with Crippen LogP contribution in [0.4, 0.5) is 0 Å². The molecule has 2 spiro atoms. The minimum absolute atomic E-state index is 0.00534. The molecule has 48 heavy (non-hydrogen) atoms. The molecule has 0 radical (unpaired) electrons. The number of rotatable bonds is 8. The van der Waals surface area contributed by atoms with Gasteiger partial charge in [-0.2, -0.15) is 0 Å². The number of aliphatic hydroxyl groups excluding tert-OH is 8. The maximum absolute atomic E-state index is 14.1. The van der Waals surface area contributed by atoms with Crippen LogP contribution in [0.3, 0.4) is 0 Å². The van der Waals surface area contributed by atoms with Gasteiger partial charge in [-0.25, -0.2) is 0 Å². The largest absolute Gasteiger partial charge is 0.432 e. The summed E-state index contributed by atoms with van der Waals surface area (Å²) in [5.41, 5.74) is -3.80. The predicted octanol–water partition coefficient (Wildman–Crippen LogP) is 0.599. The maximum Gasteiger partial charge on any atom is 0.317 e. The van der Waals surface area contributed by atoms with E-state index >= 15 is 0 Å². The van der Waals surface area contributed by atoms with Crippen LogP contribution in [-0.2, 0) is 14.3 Å². The standard InChI is InChI=1S/C36H60O12/c1-17(19(38)13-23(39)31(2,3)46)18-9-10-33(5)21-7-8-22-34(6,30(45)48-29-28(44)27(43)26(42)20(15-37)47-29)24(40)14-25(41)36(22)16-35(21,36)12-11-32(18,33)4/h17-29,37-44,46H,7-16H2,1-6H3/t17-,18-,19-,20+,21-,22+,23+,24+,25-,26-,27-,28-,29-,32-,33+,34+,35-,36+/m1/s1. The highest BCUT2D eigenvalue weighted by Gasteiger charge is 2.86. The lowest BCUT2D eigenvalue weighted by Crippen LogP contribution is -2.65. The quantitative estimate of drug-likeness (QED) is 0.161. The Hall–Kier alpha value is -0.930. The Kier molecular flexibility index (Phi) is 9.06. The molecule has 5 saturated carbocycles. The Morgan fingerprint density at radius 3 is 2.17 bits per heavy atom. The summed E-state index contributed by atoms with van der Waals surface area (Å²) in [7, 11) is 0. The van der Waals surface area contributed by atoms with Crippen LogP contribution in [0.2, 0.25) is 0 Å². The summed E-state index contributed by atoms with van der Waals surface area (Å²) < 4.78 is 11.1. The summed E-state index contributed by atoms with van der Waals surface area (Å²) in [6, 6.07) is 0. The molecule has 1 saturated heterocycles. The van der Waals surface area contributed by atoms with Crippen LogP contribution < -0.4 is 0 Å². The Balaban J connectivity index is 1.25. The molecule has 0 aromatic carbocycles. The van der Waals surface area contributed by atoms with Gasteiger partial charge in [0.2, 0.25) is 6.29 Å². The molecule has 1 heterocycles. The Labute approximate surface area is 283 Å². The van der Waals surface area contributed by atoms with Gasteiger partial charge in [-0.3, -0.25) is 4.79 Å². The average molecular weight is 685 g/mol. The molecule has 0 amide bonds. The molecular weight excluding hydrogens is 624 g/mol. The number of fused-ring (bicyclic) bond motifs is 2. The van der Waals surface area contributed by atoms with Gasteiger partial charge in [-0.1, -0.05) is 20.8 Å². The van der Waals surface area contributed by atoms with Crippen molar-refractivity contribution in [3.8, 4) is 0 Å². The summed E-state index contributed by atoms with van der Waals surface area (Å²) in [5, 5.41) is 96.1. The molecule has 9 N–H and O–H groups in total. The zero-order valence-electron chi connectivity index (χ0n) is 29.3. The van der Waals surface area contributed by atoms with Gasteiger partial charge >= 0.3 is 5.97 Å². The topological polar surface area (TPSA) is 218 Å². The van der Waals surface area contributed by atoms with Crippen LogP contribution in [0.1, 0.15) is 99.3 Å². The smallest absolute Gasteiger partial charge is 0.317 e. The predicted molar refractivity (Wildman–Crippen MR) is 171 cm³/mol. The van der Waals surface area contributed by atoms with E-state index in [-0.39, 0.29) is 46.8 Å². The number of carbonyl (C=O) groups excluding carboxylic acids is 1. The van der Waals surface area contributed by atoms with Crippen molar-refractivity contribution in [2.45, 2.75) is 160 Å². The van der Waals surface area contributed by atoms with E-state index in [1.165, 1.54) is 0 Å². The van der Waals surface area contributed by atoms with Crippen LogP contribution in [0, 0.1) is 50.7 Å². The van der Waals surface area contributed by atoms with Crippen molar-refractivity contribution < 1.29 is 60.2 Å². The van der Waals surface area contributed by atoms with Crippen molar-refractivity contribution >= 4 is 5.97 Å².